The molecule has 0 bridgehead atoms. The van der Waals surface area contributed by atoms with E-state index in [1.54, 1.807) is 4.90 Å². The summed E-state index contributed by atoms with van der Waals surface area (Å²) in [5.41, 5.74) is 8.38. The van der Waals surface area contributed by atoms with Crippen molar-refractivity contribution in [3.8, 4) is 10.4 Å². The number of carbonyl (C=O) groups is 2. The van der Waals surface area contributed by atoms with Crippen LogP contribution in [-0.2, 0) is 31.0 Å². The van der Waals surface area contributed by atoms with Gasteiger partial charge in [-0.3, -0.25) is 14.6 Å². The highest BCUT2D eigenvalue weighted by atomic mass is 32.1. The first-order valence-corrected chi connectivity index (χ1v) is 10.4. The number of aromatic nitrogens is 2. The van der Waals surface area contributed by atoms with Gasteiger partial charge in [-0.2, -0.15) is 9.59 Å². The number of nitrogens with two attached hydrogens (primary N) is 1. The van der Waals surface area contributed by atoms with E-state index in [2.05, 4.69) is 36.8 Å². The average Bonchev–Trinajstić information content (AvgIpc) is 3.29. The number of likely N-dealkylation sites (tertiary alicyclic amines) is 1. The maximum atomic E-state index is 12.6. The molecule has 3 heterocycles. The fourth-order valence-corrected chi connectivity index (χ4v) is 4.42. The van der Waals surface area contributed by atoms with Crippen LogP contribution in [0.1, 0.15) is 50.0 Å². The van der Waals surface area contributed by atoms with E-state index in [-0.39, 0.29) is 23.9 Å². The van der Waals surface area contributed by atoms with E-state index in [0.717, 1.165) is 33.3 Å². The molecule has 1 atom stereocenters. The number of thiazole rings is 1. The summed E-state index contributed by atoms with van der Waals surface area (Å²) in [7, 11) is 0. The van der Waals surface area contributed by atoms with Gasteiger partial charge in [0.25, 0.3) is 0 Å². The Morgan fingerprint density at radius 3 is 2.60 bits per heavy atom. The van der Waals surface area contributed by atoms with Crippen LogP contribution in [0.2, 0.25) is 0 Å². The lowest BCUT2D eigenvalue weighted by molar-refractivity contribution is -0.191. The fourth-order valence-electron chi connectivity index (χ4n) is 3.37. The number of pyridine rings is 1. The minimum absolute atomic E-state index is 0.0348. The maximum Gasteiger partial charge on any atom is 0.373 e. The Kier molecular flexibility index (Phi) is 7.59. The predicted octanol–water partition coefficient (Wildman–Crippen LogP) is 2.25. The van der Waals surface area contributed by atoms with Crippen molar-refractivity contribution in [3.05, 3.63) is 34.7 Å². The summed E-state index contributed by atoms with van der Waals surface area (Å²) in [6, 6.07) is 3.59. The minimum atomic E-state index is -0.479. The van der Waals surface area contributed by atoms with E-state index in [1.165, 1.54) is 11.3 Å². The molecule has 0 aliphatic carbocycles. The highest BCUT2D eigenvalue weighted by Gasteiger charge is 2.33. The summed E-state index contributed by atoms with van der Waals surface area (Å²) in [4.78, 5) is 52.2. The molecule has 2 aromatic rings. The SMILES string of the molecule is Cc1nc(CC(=O)N2CCC[C@H]2C(N)=O)sc1-c1ccnc(C(C)(C)C)c1.O=C=O. The number of primary amides is 1. The standard InChI is InChI=1S/C20H26N4O2S.CO2/c1-12-18(13-7-8-22-15(10-13)20(2,3)4)27-16(23-12)11-17(25)24-9-5-6-14(24)19(21)26;2-1-3/h7-8,10,14H,5-6,9,11H2,1-4H3,(H2,21,26);/t14-;/m0./s1. The van der Waals surface area contributed by atoms with Gasteiger partial charge in [-0.05, 0) is 37.5 Å². The van der Waals surface area contributed by atoms with Crippen molar-refractivity contribution >= 4 is 29.3 Å². The molecule has 8 nitrogen and oxygen atoms in total. The third kappa shape index (κ3) is 5.58. The molecule has 2 amide bonds. The van der Waals surface area contributed by atoms with E-state index in [0.29, 0.717) is 13.0 Å². The Hall–Kier alpha value is -2.90. The number of nitrogens with zero attached hydrogens (tertiary/aromatic N) is 3. The predicted molar refractivity (Wildman–Crippen MR) is 111 cm³/mol. The van der Waals surface area contributed by atoms with Gasteiger partial charge < -0.3 is 10.6 Å². The summed E-state index contributed by atoms with van der Waals surface area (Å²) in [5.74, 6) is -0.509. The van der Waals surface area contributed by atoms with Crippen molar-refractivity contribution in [3.63, 3.8) is 0 Å². The molecule has 0 radical (unpaired) electrons. The molecule has 2 N–H and O–H groups in total. The van der Waals surface area contributed by atoms with Crippen LogP contribution in [0.3, 0.4) is 0 Å². The quantitative estimate of drug-likeness (QED) is 0.793. The first-order chi connectivity index (χ1) is 14.1. The minimum Gasteiger partial charge on any atom is -0.368 e. The second kappa shape index (κ2) is 9.73. The van der Waals surface area contributed by atoms with E-state index in [1.807, 2.05) is 19.2 Å². The third-order valence-electron chi connectivity index (χ3n) is 4.84. The van der Waals surface area contributed by atoms with Crippen LogP contribution in [0.5, 0.6) is 0 Å². The van der Waals surface area contributed by atoms with Crippen molar-refractivity contribution in [1.29, 1.82) is 0 Å². The summed E-state index contributed by atoms with van der Waals surface area (Å²) in [5, 5.41) is 0.761. The monoisotopic (exact) mass is 430 g/mol. The normalized spacial score (nSPS) is 15.9. The number of carbonyl (C=O) groups excluding carboxylic acids is 4. The second-order valence-electron chi connectivity index (χ2n) is 8.11. The molecule has 1 saturated heterocycles. The van der Waals surface area contributed by atoms with E-state index in [9.17, 15) is 9.59 Å². The van der Waals surface area contributed by atoms with Crippen molar-refractivity contribution in [1.82, 2.24) is 14.9 Å². The van der Waals surface area contributed by atoms with Gasteiger partial charge >= 0.3 is 6.15 Å². The third-order valence-corrected chi connectivity index (χ3v) is 6.04. The second-order valence-corrected chi connectivity index (χ2v) is 9.19. The Labute approximate surface area is 179 Å². The maximum absolute atomic E-state index is 12.6. The molecule has 2 aromatic heterocycles. The van der Waals surface area contributed by atoms with Gasteiger partial charge in [0.1, 0.15) is 11.0 Å². The van der Waals surface area contributed by atoms with Gasteiger partial charge in [-0.1, -0.05) is 20.8 Å². The molecule has 30 heavy (non-hydrogen) atoms. The van der Waals surface area contributed by atoms with Crippen molar-refractivity contribution in [2.75, 3.05) is 6.54 Å². The zero-order chi connectivity index (χ0) is 22.5. The lowest BCUT2D eigenvalue weighted by Crippen LogP contribution is -2.44. The number of hydrogen-bond donors (Lipinski definition) is 1. The number of rotatable bonds is 4. The van der Waals surface area contributed by atoms with E-state index >= 15 is 0 Å². The molecule has 0 saturated carbocycles. The molecule has 1 aliphatic rings. The highest BCUT2D eigenvalue weighted by molar-refractivity contribution is 7.15. The largest absolute Gasteiger partial charge is 0.373 e. The molecular weight excluding hydrogens is 404 g/mol. The van der Waals surface area contributed by atoms with Gasteiger partial charge in [0.05, 0.1) is 17.0 Å². The van der Waals surface area contributed by atoms with Crippen molar-refractivity contribution in [2.45, 2.75) is 58.4 Å². The average molecular weight is 431 g/mol. The van der Waals surface area contributed by atoms with Gasteiger partial charge in [-0.25, -0.2) is 4.98 Å². The Morgan fingerprint density at radius 1 is 1.33 bits per heavy atom. The molecule has 1 aliphatic heterocycles. The van der Waals surface area contributed by atoms with Gasteiger partial charge in [0, 0.05) is 23.9 Å². The fraction of sp³-hybridized carbons (Fsp3) is 0.476. The van der Waals surface area contributed by atoms with E-state index < -0.39 is 11.9 Å². The summed E-state index contributed by atoms with van der Waals surface area (Å²) >= 11 is 1.53. The topological polar surface area (TPSA) is 123 Å². The summed E-state index contributed by atoms with van der Waals surface area (Å²) in [6.07, 6.45) is 3.73. The molecule has 3 rings (SSSR count). The van der Waals surface area contributed by atoms with Crippen LogP contribution in [0.25, 0.3) is 10.4 Å². The van der Waals surface area contributed by atoms with Crippen LogP contribution < -0.4 is 5.73 Å². The van der Waals surface area contributed by atoms with Crippen LogP contribution in [0.4, 0.5) is 0 Å². The molecule has 1 fully saturated rings. The molecule has 160 valence electrons. The summed E-state index contributed by atoms with van der Waals surface area (Å²) in [6.45, 7) is 8.94. The number of hydrogen-bond acceptors (Lipinski definition) is 7. The smallest absolute Gasteiger partial charge is 0.368 e. The van der Waals surface area contributed by atoms with Crippen molar-refractivity contribution < 1.29 is 19.2 Å². The lowest BCUT2D eigenvalue weighted by atomic mass is 9.90. The molecule has 0 unspecified atom stereocenters. The summed E-state index contributed by atoms with van der Waals surface area (Å²) < 4.78 is 0. The molecule has 9 heteroatoms. The van der Waals surface area contributed by atoms with Crippen LogP contribution in [0, 0.1) is 6.92 Å². The number of amides is 2. The molecule has 0 aromatic carbocycles. The Morgan fingerprint density at radius 2 is 2.00 bits per heavy atom. The molecule has 0 spiro atoms. The Bertz CT molecular complexity index is 958. The molecular formula is C21H26N4O4S. The first-order valence-electron chi connectivity index (χ1n) is 9.59. The first kappa shape index (κ1) is 23.4. The van der Waals surface area contributed by atoms with Crippen LogP contribution in [-0.4, -0.2) is 45.4 Å². The van der Waals surface area contributed by atoms with Crippen LogP contribution >= 0.6 is 11.3 Å². The van der Waals surface area contributed by atoms with Gasteiger partial charge in [-0.15, -0.1) is 11.3 Å². The lowest BCUT2D eigenvalue weighted by Gasteiger charge is -2.21. The van der Waals surface area contributed by atoms with Crippen molar-refractivity contribution in [2.24, 2.45) is 5.73 Å². The zero-order valence-corrected chi connectivity index (χ0v) is 18.4. The van der Waals surface area contributed by atoms with Gasteiger partial charge in [0.2, 0.25) is 11.8 Å². The van der Waals surface area contributed by atoms with Gasteiger partial charge in [0.15, 0.2) is 0 Å². The van der Waals surface area contributed by atoms with E-state index in [4.69, 9.17) is 15.3 Å². The Balaban J connectivity index is 0.00000101. The zero-order valence-electron chi connectivity index (χ0n) is 17.6. The number of aryl methyl sites for hydroxylation is 1. The van der Waals surface area contributed by atoms with Crippen LogP contribution in [0.15, 0.2) is 18.3 Å². The highest BCUT2D eigenvalue weighted by Crippen LogP contribution is 2.33.